The van der Waals surface area contributed by atoms with Gasteiger partial charge in [0.15, 0.2) is 11.5 Å². The molecule has 0 spiro atoms. The van der Waals surface area contributed by atoms with E-state index in [2.05, 4.69) is 10.3 Å². The first-order valence-electron chi connectivity index (χ1n) is 8.41. The number of carbonyl (C=O) groups is 1. The highest BCUT2D eigenvalue weighted by molar-refractivity contribution is 5.91. The Morgan fingerprint density at radius 2 is 2.08 bits per heavy atom. The first kappa shape index (κ1) is 17.8. The minimum atomic E-state index is -0.234. The zero-order valence-corrected chi connectivity index (χ0v) is 15.4. The largest absolute Gasteiger partial charge is 0.494 e. The molecule has 0 radical (unpaired) electrons. The normalized spacial score (nSPS) is 13.2. The van der Waals surface area contributed by atoms with E-state index in [0.29, 0.717) is 29.4 Å². The van der Waals surface area contributed by atoms with Crippen LogP contribution in [0.3, 0.4) is 0 Å². The zero-order chi connectivity index (χ0) is 18.7. The maximum atomic E-state index is 12.6. The molecule has 3 rings (SSSR count). The summed E-state index contributed by atoms with van der Waals surface area (Å²) in [7, 11) is 3.30. The van der Waals surface area contributed by atoms with Gasteiger partial charge >= 0.3 is 6.03 Å². The number of fused-ring (bicyclic) bond motifs is 1. The standard InChI is InChI=1S/C19H23N3O4/c1-12-5-6-20-14(7-12)8-13(2)22(3)19(23)21-15-9-17-18(26-11-25-17)10-16(15)24-4/h5-7,9-10,13H,8,11H2,1-4H3,(H,21,23)/t13-/m0/s1. The van der Waals surface area contributed by atoms with E-state index in [1.807, 2.05) is 26.0 Å². The van der Waals surface area contributed by atoms with E-state index in [1.54, 1.807) is 37.4 Å². The fourth-order valence-electron chi connectivity index (χ4n) is 2.74. The summed E-state index contributed by atoms with van der Waals surface area (Å²) in [5.41, 5.74) is 2.65. The Morgan fingerprint density at radius 3 is 2.77 bits per heavy atom. The van der Waals surface area contributed by atoms with Gasteiger partial charge in [0, 0.05) is 43.5 Å². The monoisotopic (exact) mass is 357 g/mol. The van der Waals surface area contributed by atoms with Crippen LogP contribution >= 0.6 is 0 Å². The van der Waals surface area contributed by atoms with Crippen LogP contribution < -0.4 is 19.5 Å². The van der Waals surface area contributed by atoms with Crippen LogP contribution in [0.25, 0.3) is 0 Å². The van der Waals surface area contributed by atoms with Crippen molar-refractivity contribution in [1.29, 1.82) is 0 Å². The Kier molecular flexibility index (Phi) is 5.16. The van der Waals surface area contributed by atoms with Gasteiger partial charge in [-0.05, 0) is 31.5 Å². The predicted molar refractivity (Wildman–Crippen MR) is 98.0 cm³/mol. The minimum absolute atomic E-state index is 0.0238. The van der Waals surface area contributed by atoms with Crippen LogP contribution in [0.4, 0.5) is 10.5 Å². The van der Waals surface area contributed by atoms with Gasteiger partial charge in [0.2, 0.25) is 6.79 Å². The molecule has 0 saturated carbocycles. The number of likely N-dealkylation sites (N-methyl/N-ethyl adjacent to an activating group) is 1. The molecule has 138 valence electrons. The van der Waals surface area contributed by atoms with Crippen LogP contribution in [0.1, 0.15) is 18.2 Å². The molecular weight excluding hydrogens is 334 g/mol. The number of rotatable bonds is 5. The number of carbonyl (C=O) groups excluding carboxylic acids is 1. The highest BCUT2D eigenvalue weighted by atomic mass is 16.7. The summed E-state index contributed by atoms with van der Waals surface area (Å²) >= 11 is 0. The van der Waals surface area contributed by atoms with Crippen molar-refractivity contribution in [2.24, 2.45) is 0 Å². The third-order valence-electron chi connectivity index (χ3n) is 4.39. The van der Waals surface area contributed by atoms with Crippen LogP contribution in [0.2, 0.25) is 0 Å². The van der Waals surface area contributed by atoms with E-state index in [0.717, 1.165) is 11.3 Å². The summed E-state index contributed by atoms with van der Waals surface area (Å²) in [5, 5.41) is 2.88. The number of aromatic nitrogens is 1. The number of methoxy groups -OCH3 is 1. The molecule has 2 aromatic rings. The van der Waals surface area contributed by atoms with Gasteiger partial charge < -0.3 is 24.4 Å². The Bertz CT molecular complexity index is 809. The maximum Gasteiger partial charge on any atom is 0.321 e. The number of nitrogens with one attached hydrogen (secondary N) is 1. The van der Waals surface area contributed by atoms with Gasteiger partial charge in [-0.1, -0.05) is 0 Å². The first-order valence-corrected chi connectivity index (χ1v) is 8.41. The summed E-state index contributed by atoms with van der Waals surface area (Å²) in [5.74, 6) is 1.71. The van der Waals surface area contributed by atoms with Crippen LogP contribution in [-0.4, -0.2) is 42.9 Å². The number of ether oxygens (including phenoxy) is 3. The minimum Gasteiger partial charge on any atom is -0.494 e. The van der Waals surface area contributed by atoms with Gasteiger partial charge in [-0.3, -0.25) is 4.98 Å². The third-order valence-corrected chi connectivity index (χ3v) is 4.39. The third kappa shape index (κ3) is 3.82. The lowest BCUT2D eigenvalue weighted by atomic mass is 10.1. The van der Waals surface area contributed by atoms with Gasteiger partial charge in [0.1, 0.15) is 5.75 Å². The van der Waals surface area contributed by atoms with Crippen molar-refractivity contribution in [2.75, 3.05) is 26.3 Å². The lowest BCUT2D eigenvalue weighted by molar-refractivity contribution is 0.174. The van der Waals surface area contributed by atoms with Crippen molar-refractivity contribution in [3.05, 3.63) is 41.7 Å². The number of nitrogens with zero attached hydrogens (tertiary/aromatic N) is 2. The SMILES string of the molecule is COc1cc2c(cc1NC(=O)N(C)[C@@H](C)Cc1cc(C)ccn1)OCO2. The van der Waals surface area contributed by atoms with Gasteiger partial charge in [0.05, 0.1) is 12.8 Å². The molecule has 1 aromatic carbocycles. The van der Waals surface area contributed by atoms with E-state index in [1.165, 1.54) is 0 Å². The lowest BCUT2D eigenvalue weighted by Crippen LogP contribution is -2.39. The molecule has 0 aliphatic carbocycles. The quantitative estimate of drug-likeness (QED) is 0.889. The summed E-state index contributed by atoms with van der Waals surface area (Å²) in [6, 6.07) is 7.14. The number of urea groups is 1. The second-order valence-electron chi connectivity index (χ2n) is 6.32. The van der Waals surface area contributed by atoms with Crippen molar-refractivity contribution in [2.45, 2.75) is 26.3 Å². The molecule has 1 N–H and O–H groups in total. The first-order chi connectivity index (χ1) is 12.5. The van der Waals surface area contributed by atoms with Crippen molar-refractivity contribution in [1.82, 2.24) is 9.88 Å². The highest BCUT2D eigenvalue weighted by Gasteiger charge is 2.22. The average Bonchev–Trinajstić information content (AvgIpc) is 3.07. The second-order valence-corrected chi connectivity index (χ2v) is 6.32. The molecular formula is C19H23N3O4. The summed E-state index contributed by atoms with van der Waals surface area (Å²) in [6.45, 7) is 4.18. The molecule has 2 amide bonds. The number of hydrogen-bond acceptors (Lipinski definition) is 5. The molecule has 0 unspecified atom stereocenters. The zero-order valence-electron chi connectivity index (χ0n) is 15.4. The maximum absolute atomic E-state index is 12.6. The number of pyridine rings is 1. The number of anilines is 1. The van der Waals surface area contributed by atoms with E-state index in [4.69, 9.17) is 14.2 Å². The fraction of sp³-hybridized carbons (Fsp3) is 0.368. The lowest BCUT2D eigenvalue weighted by Gasteiger charge is -2.25. The number of aryl methyl sites for hydroxylation is 1. The topological polar surface area (TPSA) is 72.9 Å². The Morgan fingerprint density at radius 1 is 1.35 bits per heavy atom. The number of amides is 2. The van der Waals surface area contributed by atoms with E-state index < -0.39 is 0 Å². The molecule has 26 heavy (non-hydrogen) atoms. The molecule has 0 fully saturated rings. The second kappa shape index (κ2) is 7.51. The van der Waals surface area contributed by atoms with Crippen LogP contribution in [0.5, 0.6) is 17.2 Å². The van der Waals surface area contributed by atoms with Gasteiger partial charge in [-0.25, -0.2) is 4.79 Å². The average molecular weight is 357 g/mol. The molecule has 1 aromatic heterocycles. The summed E-state index contributed by atoms with van der Waals surface area (Å²) in [6.07, 6.45) is 2.46. The van der Waals surface area contributed by atoms with Crippen molar-refractivity contribution in [3.8, 4) is 17.2 Å². The summed E-state index contributed by atoms with van der Waals surface area (Å²) in [4.78, 5) is 18.7. The Hall–Kier alpha value is -2.96. The number of benzene rings is 1. The van der Waals surface area contributed by atoms with Crippen molar-refractivity contribution < 1.29 is 19.0 Å². The van der Waals surface area contributed by atoms with E-state index >= 15 is 0 Å². The van der Waals surface area contributed by atoms with Crippen LogP contribution in [-0.2, 0) is 6.42 Å². The van der Waals surface area contributed by atoms with E-state index in [9.17, 15) is 4.79 Å². The van der Waals surface area contributed by atoms with Gasteiger partial charge in [0.25, 0.3) is 0 Å². The molecule has 1 aliphatic heterocycles. The highest BCUT2D eigenvalue weighted by Crippen LogP contribution is 2.40. The Balaban J connectivity index is 1.69. The number of hydrogen-bond donors (Lipinski definition) is 1. The van der Waals surface area contributed by atoms with Crippen molar-refractivity contribution in [3.63, 3.8) is 0 Å². The smallest absolute Gasteiger partial charge is 0.321 e. The van der Waals surface area contributed by atoms with Gasteiger partial charge in [-0.15, -0.1) is 0 Å². The molecule has 7 heteroatoms. The van der Waals surface area contributed by atoms with Crippen LogP contribution in [0, 0.1) is 6.92 Å². The molecule has 2 heterocycles. The van der Waals surface area contributed by atoms with E-state index in [-0.39, 0.29) is 18.9 Å². The molecule has 1 aliphatic rings. The predicted octanol–water partition coefficient (Wildman–Crippen LogP) is 3.22. The fourth-order valence-corrected chi connectivity index (χ4v) is 2.74. The Labute approximate surface area is 152 Å². The molecule has 0 bridgehead atoms. The molecule has 0 saturated heterocycles. The van der Waals surface area contributed by atoms with Gasteiger partial charge in [-0.2, -0.15) is 0 Å². The molecule has 7 nitrogen and oxygen atoms in total. The van der Waals surface area contributed by atoms with Crippen molar-refractivity contribution >= 4 is 11.7 Å². The molecule has 1 atom stereocenters. The van der Waals surface area contributed by atoms with Crippen LogP contribution in [0.15, 0.2) is 30.5 Å². The summed E-state index contributed by atoms with van der Waals surface area (Å²) < 4.78 is 16.0.